The van der Waals surface area contributed by atoms with Crippen LogP contribution >= 0.6 is 90.7 Å². The topological polar surface area (TPSA) is 0 Å². The summed E-state index contributed by atoms with van der Waals surface area (Å²) >= 11 is 15.6. The fraction of sp³-hybridized carbons (Fsp3) is 0.364. The van der Waals surface area contributed by atoms with E-state index < -0.39 is 0 Å². The van der Waals surface area contributed by atoms with Gasteiger partial charge in [0.25, 0.3) is 0 Å². The van der Waals surface area contributed by atoms with Crippen molar-refractivity contribution in [2.24, 2.45) is 0 Å². The Labute approximate surface area is 476 Å². The van der Waals surface area contributed by atoms with Crippen LogP contribution in [-0.2, 0) is 25.7 Å². The largest absolute Gasteiger partial charge is 0.143 e. The fourth-order valence-corrected chi connectivity index (χ4v) is 18.7. The molecule has 0 aliphatic heterocycles. The molecule has 8 heterocycles. The molecule has 74 heavy (non-hydrogen) atoms. The molecular formula is C66H74S8. The highest BCUT2D eigenvalue weighted by Gasteiger charge is 2.18. The monoisotopic (exact) mass is 1120 g/mol. The third kappa shape index (κ3) is 14.9. The summed E-state index contributed by atoms with van der Waals surface area (Å²) in [6, 6.07) is 37.7. The van der Waals surface area contributed by atoms with Gasteiger partial charge in [-0.05, 0) is 180 Å². The number of rotatable bonds is 30. The van der Waals surface area contributed by atoms with Crippen LogP contribution in [0.25, 0.3) is 82.8 Å². The van der Waals surface area contributed by atoms with Crippen molar-refractivity contribution in [3.63, 3.8) is 0 Å². The molecule has 0 saturated heterocycles. The molecule has 0 fully saturated rings. The normalized spacial score (nSPS) is 11.9. The van der Waals surface area contributed by atoms with E-state index in [-0.39, 0.29) is 0 Å². The number of thiophene rings is 8. The molecule has 0 spiro atoms. The lowest BCUT2D eigenvalue weighted by atomic mass is 10.1. The van der Waals surface area contributed by atoms with Crippen LogP contribution in [0.2, 0.25) is 0 Å². The summed E-state index contributed by atoms with van der Waals surface area (Å²) in [5.41, 5.74) is 8.54. The number of hydrogen-bond donors (Lipinski definition) is 0. The standard InChI is InChI=1S/C66H74S8/c1-5-9-13-17-21-49-41-43-67-63(49)59-37-33-55(71-59)57-35-39-61(73-57)65-51(23-19-15-11-7-3)45-53(69-65)31-29-47-25-27-48(28-26-47)30-32-54-46-52(24-20-16-12-8-4)66(70-54)62-40-36-58(74-62)56-34-38-60(72-56)64-50(42-44-68-64)22-18-14-10-6-2/h25-46H,5-24H2,1-4H3/b31-29+,32-30+. The zero-order valence-corrected chi connectivity index (χ0v) is 50.6. The van der Waals surface area contributed by atoms with Crippen LogP contribution < -0.4 is 0 Å². The van der Waals surface area contributed by atoms with Gasteiger partial charge in [-0.1, -0.05) is 141 Å². The molecular weight excluding hydrogens is 1050 g/mol. The van der Waals surface area contributed by atoms with Gasteiger partial charge in [0.05, 0.1) is 0 Å². The van der Waals surface area contributed by atoms with Gasteiger partial charge in [-0.25, -0.2) is 0 Å². The molecule has 0 N–H and O–H groups in total. The van der Waals surface area contributed by atoms with Crippen molar-refractivity contribution in [3.05, 3.63) is 151 Å². The van der Waals surface area contributed by atoms with Gasteiger partial charge < -0.3 is 0 Å². The second-order valence-corrected chi connectivity index (χ2v) is 28.1. The van der Waals surface area contributed by atoms with Crippen LogP contribution in [0, 0.1) is 0 Å². The van der Waals surface area contributed by atoms with Crippen molar-refractivity contribution in [2.45, 2.75) is 156 Å². The van der Waals surface area contributed by atoms with Gasteiger partial charge in [-0.15, -0.1) is 90.7 Å². The van der Waals surface area contributed by atoms with E-state index in [1.54, 1.807) is 0 Å². The average Bonchev–Trinajstić information content (AvgIpc) is 4.27. The predicted molar refractivity (Wildman–Crippen MR) is 344 cm³/mol. The molecule has 0 saturated carbocycles. The molecule has 0 bridgehead atoms. The smallest absolute Gasteiger partial charge is 0.0481 e. The van der Waals surface area contributed by atoms with Crippen LogP contribution in [0.4, 0.5) is 0 Å². The highest BCUT2D eigenvalue weighted by atomic mass is 32.1. The lowest BCUT2D eigenvalue weighted by Gasteiger charge is -2.02. The van der Waals surface area contributed by atoms with Crippen LogP contribution in [-0.4, -0.2) is 0 Å². The Hall–Kier alpha value is -3.70. The van der Waals surface area contributed by atoms with Gasteiger partial charge >= 0.3 is 0 Å². The van der Waals surface area contributed by atoms with Crippen LogP contribution in [0.5, 0.6) is 0 Å². The molecule has 0 amide bonds. The zero-order valence-electron chi connectivity index (χ0n) is 44.1. The van der Waals surface area contributed by atoms with Gasteiger partial charge in [0, 0.05) is 68.3 Å². The van der Waals surface area contributed by atoms with E-state index in [9.17, 15) is 0 Å². The van der Waals surface area contributed by atoms with Gasteiger partial charge in [0.15, 0.2) is 0 Å². The Morgan fingerprint density at radius 1 is 0.284 bits per heavy atom. The van der Waals surface area contributed by atoms with Gasteiger partial charge in [-0.3, -0.25) is 0 Å². The molecule has 9 aromatic rings. The van der Waals surface area contributed by atoms with Crippen molar-refractivity contribution in [2.75, 3.05) is 0 Å². The average molecular weight is 1120 g/mol. The maximum Gasteiger partial charge on any atom is 0.0481 e. The fourth-order valence-electron chi connectivity index (χ4n) is 9.76. The molecule has 386 valence electrons. The summed E-state index contributed by atoms with van der Waals surface area (Å²) in [6.45, 7) is 9.20. The van der Waals surface area contributed by atoms with Crippen molar-refractivity contribution in [1.29, 1.82) is 0 Å². The maximum atomic E-state index is 2.47. The van der Waals surface area contributed by atoms with Gasteiger partial charge in [0.2, 0.25) is 0 Å². The maximum absolute atomic E-state index is 2.47. The summed E-state index contributed by atoms with van der Waals surface area (Å²) in [7, 11) is 0. The Kier molecular flexibility index (Phi) is 21.3. The Bertz CT molecular complexity index is 2920. The van der Waals surface area contributed by atoms with Crippen molar-refractivity contribution in [3.8, 4) is 58.5 Å². The van der Waals surface area contributed by atoms with Crippen molar-refractivity contribution < 1.29 is 0 Å². The minimum absolute atomic E-state index is 1.14. The minimum Gasteiger partial charge on any atom is -0.143 e. The Balaban J connectivity index is 0.866. The number of benzene rings is 1. The van der Waals surface area contributed by atoms with Gasteiger partial charge in [-0.2, -0.15) is 0 Å². The molecule has 8 heteroatoms. The summed E-state index contributed by atoms with van der Waals surface area (Å²) in [5, 5.41) is 4.57. The SMILES string of the molecule is CCCCCCc1ccsc1-c1ccc(-c2ccc(-c3sc(/C=C/c4ccc(/C=C/c5cc(CCCCCC)c(-c6ccc(-c7ccc(-c8sccc8CCCCCC)s7)s6)s5)cc4)cc3CCCCCC)s2)s1. The van der Waals surface area contributed by atoms with E-state index in [0.717, 1.165) is 12.8 Å². The number of hydrogen-bond acceptors (Lipinski definition) is 8. The summed E-state index contributed by atoms with van der Waals surface area (Å²) in [4.78, 5) is 19.7. The first-order valence-electron chi connectivity index (χ1n) is 27.8. The Morgan fingerprint density at radius 2 is 0.595 bits per heavy atom. The summed E-state index contributed by atoms with van der Waals surface area (Å²) < 4.78 is 0. The Morgan fingerprint density at radius 3 is 0.932 bits per heavy atom. The first-order valence-corrected chi connectivity index (χ1v) is 34.4. The lowest BCUT2D eigenvalue weighted by Crippen LogP contribution is -1.85. The van der Waals surface area contributed by atoms with E-state index in [1.807, 2.05) is 90.7 Å². The first kappa shape index (κ1) is 55.1. The predicted octanol–water partition coefficient (Wildman–Crippen LogP) is 25.0. The molecule has 0 aliphatic carbocycles. The van der Waals surface area contributed by atoms with Gasteiger partial charge in [0.1, 0.15) is 0 Å². The third-order valence-corrected chi connectivity index (χ3v) is 23.6. The van der Waals surface area contributed by atoms with Crippen molar-refractivity contribution >= 4 is 115 Å². The second kappa shape index (κ2) is 28.6. The van der Waals surface area contributed by atoms with E-state index >= 15 is 0 Å². The van der Waals surface area contributed by atoms with E-state index in [2.05, 4.69) is 160 Å². The molecule has 0 atom stereocenters. The van der Waals surface area contributed by atoms with E-state index in [4.69, 9.17) is 0 Å². The molecule has 8 aromatic heterocycles. The van der Waals surface area contributed by atoms with E-state index in [0.29, 0.717) is 0 Å². The van der Waals surface area contributed by atoms with Crippen LogP contribution in [0.3, 0.4) is 0 Å². The number of unbranched alkanes of at least 4 members (excludes halogenated alkanes) is 12. The summed E-state index contributed by atoms with van der Waals surface area (Å²) in [6.07, 6.45) is 34.7. The third-order valence-electron chi connectivity index (χ3n) is 14.0. The molecule has 1 aromatic carbocycles. The number of aryl methyl sites for hydroxylation is 4. The lowest BCUT2D eigenvalue weighted by molar-refractivity contribution is 0.668. The van der Waals surface area contributed by atoms with Crippen LogP contribution in [0.1, 0.15) is 174 Å². The molecule has 0 nitrogen and oxygen atoms in total. The molecule has 0 unspecified atom stereocenters. The highest BCUT2D eigenvalue weighted by Crippen LogP contribution is 2.47. The van der Waals surface area contributed by atoms with E-state index in [1.165, 1.54) is 217 Å². The quantitative estimate of drug-likeness (QED) is 0.0394. The minimum atomic E-state index is 1.14. The second-order valence-electron chi connectivity index (χ2n) is 19.8. The summed E-state index contributed by atoms with van der Waals surface area (Å²) in [5.74, 6) is 0. The zero-order chi connectivity index (χ0) is 50.9. The molecule has 0 radical (unpaired) electrons. The first-order chi connectivity index (χ1) is 36.5. The highest BCUT2D eigenvalue weighted by molar-refractivity contribution is 7.29. The molecule has 0 aliphatic rings. The molecule has 9 rings (SSSR count). The van der Waals surface area contributed by atoms with Crippen LogP contribution in [0.15, 0.2) is 108 Å². The van der Waals surface area contributed by atoms with Crippen molar-refractivity contribution in [1.82, 2.24) is 0 Å².